The number of fused-ring (bicyclic) bond motifs is 1. The van der Waals surface area contributed by atoms with Crippen LogP contribution in [-0.4, -0.2) is 68.4 Å². The van der Waals surface area contributed by atoms with E-state index in [1.54, 1.807) is 30.8 Å². The summed E-state index contributed by atoms with van der Waals surface area (Å²) in [5.74, 6) is 0.575. The molecule has 3 heterocycles. The van der Waals surface area contributed by atoms with Crippen LogP contribution in [0.2, 0.25) is 0 Å². The number of ether oxygens (including phenoxy) is 1. The fourth-order valence-electron chi connectivity index (χ4n) is 3.16. The average Bonchev–Trinajstić information content (AvgIpc) is 3.05. The minimum absolute atomic E-state index is 0.144. The molecular formula is C17H26N3O4P. The smallest absolute Gasteiger partial charge is 0.262 e. The SMILES string of the molecule is C=P(C)(C)CC[C@H]1OC(n2ccc3c(=O)n(C)c(C)nc32)[C@H](O)[C@@H]1O. The van der Waals surface area contributed by atoms with Gasteiger partial charge in [-0.1, -0.05) is 0 Å². The highest BCUT2D eigenvalue weighted by molar-refractivity contribution is 7.72. The van der Waals surface area contributed by atoms with E-state index < -0.39 is 31.4 Å². The Morgan fingerprint density at radius 1 is 1.36 bits per heavy atom. The van der Waals surface area contributed by atoms with Crippen LogP contribution in [0.15, 0.2) is 17.1 Å². The number of nitrogens with zero attached hydrogens (tertiary/aromatic N) is 3. The Bertz CT molecular complexity index is 897. The van der Waals surface area contributed by atoms with Gasteiger partial charge in [0.05, 0.1) is 11.5 Å². The predicted molar refractivity (Wildman–Crippen MR) is 101 cm³/mol. The fraction of sp³-hybridized carbons (Fsp3) is 0.588. The Hall–Kier alpha value is -1.40. The molecule has 1 unspecified atom stereocenters. The predicted octanol–water partition coefficient (Wildman–Crippen LogP) is 0.762. The molecule has 0 radical (unpaired) electrons. The standard InChI is InChI=1S/C17H26N3O4P/c1-10-18-15-11(16(23)19(10)2)6-8-20(15)17-14(22)13(21)12(24-17)7-9-25(3,4)5/h6,8,12-14,17,21-22H,3,7,9H2,1-2,4-5H3/t12-,13-,14-,17?/m1/s1. The lowest BCUT2D eigenvalue weighted by Crippen LogP contribution is -2.32. The van der Waals surface area contributed by atoms with Crippen LogP contribution < -0.4 is 5.56 Å². The molecule has 1 aliphatic heterocycles. The van der Waals surface area contributed by atoms with Crippen molar-refractivity contribution in [2.75, 3.05) is 19.5 Å². The topological polar surface area (TPSA) is 89.5 Å². The molecule has 7 nitrogen and oxygen atoms in total. The fourth-order valence-corrected chi connectivity index (χ4v) is 4.11. The Balaban J connectivity index is 1.93. The quantitative estimate of drug-likeness (QED) is 0.779. The lowest BCUT2D eigenvalue weighted by molar-refractivity contribution is -0.0350. The van der Waals surface area contributed by atoms with Gasteiger partial charge in [-0.2, -0.15) is 0 Å². The number of aliphatic hydroxyl groups is 2. The normalized spacial score (nSPS) is 27.3. The third kappa shape index (κ3) is 3.34. The number of rotatable bonds is 4. The van der Waals surface area contributed by atoms with E-state index in [1.807, 2.05) is 0 Å². The van der Waals surface area contributed by atoms with Crippen LogP contribution in [0.4, 0.5) is 0 Å². The van der Waals surface area contributed by atoms with E-state index in [4.69, 9.17) is 4.74 Å². The van der Waals surface area contributed by atoms with Gasteiger partial charge in [-0.05, 0) is 38.9 Å². The molecule has 138 valence electrons. The van der Waals surface area contributed by atoms with Gasteiger partial charge in [-0.3, -0.25) is 9.36 Å². The molecule has 1 saturated heterocycles. The third-order valence-corrected chi connectivity index (χ3v) is 6.27. The molecule has 3 rings (SSSR count). The highest BCUT2D eigenvalue weighted by atomic mass is 31.2. The zero-order valence-corrected chi connectivity index (χ0v) is 16.0. The Morgan fingerprint density at radius 2 is 2.04 bits per heavy atom. The van der Waals surface area contributed by atoms with Gasteiger partial charge in [-0.25, -0.2) is 4.98 Å². The maximum Gasteiger partial charge on any atom is 0.262 e. The summed E-state index contributed by atoms with van der Waals surface area (Å²) in [7, 11) is 1.67. The van der Waals surface area contributed by atoms with Gasteiger partial charge in [0.2, 0.25) is 0 Å². The Labute approximate surface area is 146 Å². The molecular weight excluding hydrogens is 341 g/mol. The summed E-state index contributed by atoms with van der Waals surface area (Å²) >= 11 is 0. The van der Waals surface area contributed by atoms with Gasteiger partial charge in [0.1, 0.15) is 23.7 Å². The maximum absolute atomic E-state index is 12.4. The van der Waals surface area contributed by atoms with Crippen molar-refractivity contribution in [3.8, 4) is 0 Å². The second-order valence-corrected chi connectivity index (χ2v) is 11.8. The summed E-state index contributed by atoms with van der Waals surface area (Å²) in [6, 6.07) is 1.67. The largest absolute Gasteiger partial charge is 0.388 e. The number of hydrogen-bond donors (Lipinski definition) is 2. The highest BCUT2D eigenvalue weighted by Gasteiger charge is 2.43. The Morgan fingerprint density at radius 3 is 2.68 bits per heavy atom. The summed E-state index contributed by atoms with van der Waals surface area (Å²) in [6.07, 6.45) is 4.12. The van der Waals surface area contributed by atoms with Crippen LogP contribution in [0.25, 0.3) is 11.0 Å². The summed E-state index contributed by atoms with van der Waals surface area (Å²) < 4.78 is 9.07. The van der Waals surface area contributed by atoms with Crippen molar-refractivity contribution in [2.45, 2.75) is 37.9 Å². The molecule has 0 spiro atoms. The monoisotopic (exact) mass is 367 g/mol. The van der Waals surface area contributed by atoms with E-state index in [0.717, 1.165) is 6.16 Å². The van der Waals surface area contributed by atoms with Crippen molar-refractivity contribution in [3.63, 3.8) is 0 Å². The van der Waals surface area contributed by atoms with Crippen LogP contribution in [0, 0.1) is 6.92 Å². The van der Waals surface area contributed by atoms with Crippen molar-refractivity contribution in [1.82, 2.24) is 14.1 Å². The first kappa shape index (κ1) is 18.4. The number of aromatic nitrogens is 3. The molecule has 0 saturated carbocycles. The highest BCUT2D eigenvalue weighted by Crippen LogP contribution is 2.39. The van der Waals surface area contributed by atoms with E-state index in [2.05, 4.69) is 24.6 Å². The van der Waals surface area contributed by atoms with Crippen molar-refractivity contribution in [1.29, 1.82) is 0 Å². The summed E-state index contributed by atoms with van der Waals surface area (Å²) in [5.41, 5.74) is 0.317. The lowest BCUT2D eigenvalue weighted by Gasteiger charge is -2.19. The molecule has 2 aromatic rings. The molecule has 2 aromatic heterocycles. The van der Waals surface area contributed by atoms with Crippen molar-refractivity contribution in [3.05, 3.63) is 28.4 Å². The molecule has 25 heavy (non-hydrogen) atoms. The summed E-state index contributed by atoms with van der Waals surface area (Å²) in [6.45, 7) is 4.77. The maximum atomic E-state index is 12.4. The van der Waals surface area contributed by atoms with E-state index in [0.29, 0.717) is 23.3 Å². The van der Waals surface area contributed by atoms with Gasteiger partial charge in [0.15, 0.2) is 6.23 Å². The van der Waals surface area contributed by atoms with Gasteiger partial charge < -0.3 is 19.5 Å². The van der Waals surface area contributed by atoms with E-state index in [1.165, 1.54) is 4.57 Å². The second kappa shape index (κ2) is 6.40. The molecule has 1 aliphatic rings. The van der Waals surface area contributed by atoms with Gasteiger partial charge in [0.25, 0.3) is 5.56 Å². The Kier molecular flexibility index (Phi) is 4.71. The molecule has 0 aromatic carbocycles. The lowest BCUT2D eigenvalue weighted by atomic mass is 10.1. The third-order valence-electron chi connectivity index (χ3n) is 4.81. The first-order chi connectivity index (χ1) is 11.6. The molecule has 1 fully saturated rings. The first-order valence-corrected chi connectivity index (χ1v) is 11.4. The molecule has 0 aliphatic carbocycles. The van der Waals surface area contributed by atoms with E-state index >= 15 is 0 Å². The molecule has 4 atom stereocenters. The molecule has 8 heteroatoms. The number of aryl methyl sites for hydroxylation is 1. The van der Waals surface area contributed by atoms with Crippen LogP contribution in [0.1, 0.15) is 18.5 Å². The second-order valence-electron chi connectivity index (χ2n) is 7.48. The average molecular weight is 367 g/mol. The molecule has 0 bridgehead atoms. The summed E-state index contributed by atoms with van der Waals surface area (Å²) in [4.78, 5) is 16.8. The van der Waals surface area contributed by atoms with Crippen LogP contribution >= 0.6 is 6.89 Å². The van der Waals surface area contributed by atoms with E-state index in [-0.39, 0.29) is 5.56 Å². The number of aliphatic hydroxyl groups excluding tert-OH is 2. The zero-order valence-electron chi connectivity index (χ0n) is 15.1. The van der Waals surface area contributed by atoms with Crippen molar-refractivity contribution < 1.29 is 14.9 Å². The summed E-state index contributed by atoms with van der Waals surface area (Å²) in [5, 5.41) is 21.3. The zero-order chi connectivity index (χ0) is 18.5. The first-order valence-electron chi connectivity index (χ1n) is 8.33. The van der Waals surface area contributed by atoms with Gasteiger partial charge in [-0.15, -0.1) is 13.2 Å². The minimum atomic E-state index is -1.24. The van der Waals surface area contributed by atoms with Gasteiger partial charge >= 0.3 is 0 Å². The van der Waals surface area contributed by atoms with Crippen molar-refractivity contribution in [2.24, 2.45) is 7.05 Å². The van der Waals surface area contributed by atoms with Gasteiger partial charge in [0, 0.05) is 13.2 Å². The minimum Gasteiger partial charge on any atom is -0.388 e. The van der Waals surface area contributed by atoms with Crippen LogP contribution in [0.5, 0.6) is 0 Å². The molecule has 0 amide bonds. The van der Waals surface area contributed by atoms with E-state index in [9.17, 15) is 15.0 Å². The molecule has 2 N–H and O–H groups in total. The van der Waals surface area contributed by atoms with Crippen LogP contribution in [-0.2, 0) is 11.8 Å². The number of hydrogen-bond acceptors (Lipinski definition) is 5. The van der Waals surface area contributed by atoms with Crippen LogP contribution in [0.3, 0.4) is 0 Å². The van der Waals surface area contributed by atoms with Crippen molar-refractivity contribution >= 4 is 24.2 Å².